The zero-order valence-corrected chi connectivity index (χ0v) is 20.0. The molecule has 8 heteroatoms. The molecule has 2 heterocycles. The van der Waals surface area contributed by atoms with E-state index < -0.39 is 10.0 Å². The second-order valence-electron chi connectivity index (χ2n) is 8.79. The summed E-state index contributed by atoms with van der Waals surface area (Å²) in [6.07, 6.45) is 7.41. The van der Waals surface area contributed by atoms with Crippen molar-refractivity contribution < 1.29 is 13.2 Å². The van der Waals surface area contributed by atoms with Crippen LogP contribution in [0.1, 0.15) is 49.1 Å². The molecule has 1 aliphatic heterocycles. The Hall–Kier alpha value is -2.00. The van der Waals surface area contributed by atoms with Crippen molar-refractivity contribution in [3.63, 3.8) is 0 Å². The molecule has 1 aromatic carbocycles. The minimum atomic E-state index is -3.46. The van der Waals surface area contributed by atoms with E-state index in [1.54, 1.807) is 41.7 Å². The van der Waals surface area contributed by atoms with Crippen molar-refractivity contribution in [3.8, 4) is 0 Å². The van der Waals surface area contributed by atoms with Gasteiger partial charge in [-0.3, -0.25) is 9.69 Å². The third-order valence-electron chi connectivity index (χ3n) is 6.12. The van der Waals surface area contributed by atoms with Crippen LogP contribution in [0.5, 0.6) is 0 Å². The molecule has 1 unspecified atom stereocenters. The average Bonchev–Trinajstić information content (AvgIpc) is 3.42. The number of likely N-dealkylation sites (tertiary alicyclic amines) is 1. The van der Waals surface area contributed by atoms with Gasteiger partial charge in [0.05, 0.1) is 10.9 Å². The molecular weight excluding hydrogens is 442 g/mol. The van der Waals surface area contributed by atoms with Crippen molar-refractivity contribution in [3.05, 3.63) is 58.3 Å². The number of hydrogen-bond donors (Lipinski definition) is 2. The van der Waals surface area contributed by atoms with Gasteiger partial charge in [0.25, 0.3) is 0 Å². The lowest BCUT2D eigenvalue weighted by atomic mass is 9.97. The molecule has 1 atom stereocenters. The largest absolute Gasteiger partial charge is 0.351 e. The smallest absolute Gasteiger partial charge is 0.244 e. The first-order chi connectivity index (χ1) is 15.4. The van der Waals surface area contributed by atoms with Crippen molar-refractivity contribution in [1.82, 2.24) is 14.9 Å². The van der Waals surface area contributed by atoms with E-state index >= 15 is 0 Å². The van der Waals surface area contributed by atoms with Gasteiger partial charge in [0.2, 0.25) is 15.9 Å². The van der Waals surface area contributed by atoms with Crippen molar-refractivity contribution in [2.24, 2.45) is 5.92 Å². The zero-order chi connectivity index (χ0) is 22.6. The van der Waals surface area contributed by atoms with Crippen LogP contribution in [0.4, 0.5) is 0 Å². The number of sulfonamides is 1. The van der Waals surface area contributed by atoms with Crippen LogP contribution in [0.2, 0.25) is 0 Å². The van der Waals surface area contributed by atoms with Gasteiger partial charge in [-0.05, 0) is 79.9 Å². The van der Waals surface area contributed by atoms with Crippen LogP contribution in [0.15, 0.2) is 52.7 Å². The topological polar surface area (TPSA) is 78.5 Å². The van der Waals surface area contributed by atoms with Crippen LogP contribution >= 0.6 is 11.3 Å². The molecule has 1 aromatic heterocycles. The minimum Gasteiger partial charge on any atom is -0.351 e. The third-order valence-corrected chi connectivity index (χ3v) is 8.63. The maximum atomic E-state index is 12.5. The molecule has 2 fully saturated rings. The molecule has 1 saturated carbocycles. The summed E-state index contributed by atoms with van der Waals surface area (Å²) in [5.41, 5.74) is 0.783. The van der Waals surface area contributed by atoms with E-state index in [0.29, 0.717) is 6.54 Å². The fourth-order valence-electron chi connectivity index (χ4n) is 3.91. The van der Waals surface area contributed by atoms with Gasteiger partial charge >= 0.3 is 0 Å². The van der Waals surface area contributed by atoms with Gasteiger partial charge in [-0.15, -0.1) is 11.3 Å². The molecule has 4 rings (SSSR count). The summed E-state index contributed by atoms with van der Waals surface area (Å²) in [5, 5.41) is 5.13. The Balaban J connectivity index is 1.33. The Morgan fingerprint density at radius 2 is 1.88 bits per heavy atom. The molecule has 0 bridgehead atoms. The van der Waals surface area contributed by atoms with Crippen LogP contribution in [-0.4, -0.2) is 44.9 Å². The molecule has 2 aromatic rings. The van der Waals surface area contributed by atoms with Gasteiger partial charge in [0, 0.05) is 23.5 Å². The van der Waals surface area contributed by atoms with Gasteiger partial charge in [-0.25, -0.2) is 13.1 Å². The molecule has 0 spiro atoms. The monoisotopic (exact) mass is 473 g/mol. The summed E-state index contributed by atoms with van der Waals surface area (Å²) in [6.45, 7) is 4.98. The summed E-state index contributed by atoms with van der Waals surface area (Å²) in [5.74, 6) is 0.614. The molecule has 0 radical (unpaired) electrons. The molecule has 6 nitrogen and oxygen atoms in total. The van der Waals surface area contributed by atoms with Gasteiger partial charge in [-0.2, -0.15) is 0 Å². The fourth-order valence-corrected chi connectivity index (χ4v) is 6.07. The number of rotatable bonds is 9. The third kappa shape index (κ3) is 6.28. The molecule has 1 aliphatic carbocycles. The van der Waals surface area contributed by atoms with Crippen molar-refractivity contribution in [2.75, 3.05) is 19.6 Å². The van der Waals surface area contributed by atoms with E-state index in [9.17, 15) is 13.2 Å². The number of amides is 1. The Bertz CT molecular complexity index is 1020. The number of nitrogens with one attached hydrogen (secondary N) is 2. The minimum absolute atomic E-state index is 0.0783. The highest BCUT2D eigenvalue weighted by Gasteiger charge is 2.28. The van der Waals surface area contributed by atoms with Crippen molar-refractivity contribution in [1.29, 1.82) is 0 Å². The normalized spacial score (nSPS) is 19.3. The predicted octanol–water partition coefficient (Wildman–Crippen LogP) is 3.79. The average molecular weight is 474 g/mol. The van der Waals surface area contributed by atoms with Crippen LogP contribution in [0.3, 0.4) is 0 Å². The number of hydrogen-bond acceptors (Lipinski definition) is 5. The second kappa shape index (κ2) is 10.3. The number of piperidine rings is 1. The fraction of sp³-hybridized carbons (Fsp3) is 0.458. The Labute approximate surface area is 194 Å². The summed E-state index contributed by atoms with van der Waals surface area (Å²) in [6, 6.07) is 11.1. The molecular formula is C24H31N3O3S2. The zero-order valence-electron chi connectivity index (χ0n) is 18.4. The first-order valence-electron chi connectivity index (χ1n) is 11.3. The first-order valence-corrected chi connectivity index (χ1v) is 13.6. The molecule has 2 N–H and O–H groups in total. The predicted molar refractivity (Wildman–Crippen MR) is 129 cm³/mol. The number of carbonyl (C=O) groups excluding carboxylic acids is 1. The van der Waals surface area contributed by atoms with E-state index in [0.717, 1.165) is 37.4 Å². The van der Waals surface area contributed by atoms with Crippen molar-refractivity contribution >= 4 is 33.3 Å². The maximum Gasteiger partial charge on any atom is 0.244 e. The molecule has 1 saturated heterocycles. The Kier molecular flexibility index (Phi) is 7.45. The van der Waals surface area contributed by atoms with Crippen LogP contribution < -0.4 is 10.0 Å². The van der Waals surface area contributed by atoms with E-state index in [1.807, 2.05) is 0 Å². The molecule has 172 valence electrons. The van der Waals surface area contributed by atoms with Gasteiger partial charge in [0.15, 0.2) is 0 Å². The van der Waals surface area contributed by atoms with Gasteiger partial charge in [0.1, 0.15) is 0 Å². The molecule has 1 amide bonds. The Morgan fingerprint density at radius 1 is 1.16 bits per heavy atom. The highest BCUT2D eigenvalue weighted by atomic mass is 32.2. The highest BCUT2D eigenvalue weighted by Crippen LogP contribution is 2.29. The SMILES string of the molecule is CC1CCN(C(CNC(=O)C=Cc2ccc(S(=O)(=O)NC3CC3)cc2)c2cccs2)CC1. The number of benzene rings is 1. The quantitative estimate of drug-likeness (QED) is 0.543. The van der Waals surface area contributed by atoms with E-state index in [2.05, 4.69) is 39.4 Å². The number of carbonyl (C=O) groups is 1. The second-order valence-corrected chi connectivity index (χ2v) is 11.5. The maximum absolute atomic E-state index is 12.5. The summed E-state index contributed by atoms with van der Waals surface area (Å²) >= 11 is 1.73. The van der Waals surface area contributed by atoms with E-state index in [1.165, 1.54) is 23.8 Å². The highest BCUT2D eigenvalue weighted by molar-refractivity contribution is 7.89. The molecule has 32 heavy (non-hydrogen) atoms. The lowest BCUT2D eigenvalue weighted by molar-refractivity contribution is -0.116. The molecule has 2 aliphatic rings. The van der Waals surface area contributed by atoms with Crippen molar-refractivity contribution in [2.45, 2.75) is 49.6 Å². The van der Waals surface area contributed by atoms with E-state index in [4.69, 9.17) is 0 Å². The summed E-state index contributed by atoms with van der Waals surface area (Å²) < 4.78 is 27.2. The number of nitrogens with zero attached hydrogens (tertiary/aromatic N) is 1. The van der Waals surface area contributed by atoms with E-state index in [-0.39, 0.29) is 22.9 Å². The summed E-state index contributed by atoms with van der Waals surface area (Å²) in [4.78, 5) is 16.5. The lowest BCUT2D eigenvalue weighted by Crippen LogP contribution is -2.41. The Morgan fingerprint density at radius 3 is 2.50 bits per heavy atom. The van der Waals surface area contributed by atoms with Crippen LogP contribution in [0, 0.1) is 5.92 Å². The van der Waals surface area contributed by atoms with Gasteiger partial charge < -0.3 is 5.32 Å². The number of thiophene rings is 1. The standard InChI is InChI=1S/C24H31N3O3S2/c1-18-12-14-27(15-13-18)22(23-3-2-16-31-23)17-25-24(28)11-6-19-4-9-21(10-5-19)32(29,30)26-20-7-8-20/h2-6,9-11,16,18,20,22,26H,7-8,12-15,17H2,1H3,(H,25,28). The van der Waals surface area contributed by atoms with Crippen LogP contribution in [0.25, 0.3) is 6.08 Å². The first kappa shape index (κ1) is 23.2. The lowest BCUT2D eigenvalue weighted by Gasteiger charge is -2.36. The summed E-state index contributed by atoms with van der Waals surface area (Å²) in [7, 11) is -3.46. The van der Waals surface area contributed by atoms with Gasteiger partial charge in [-0.1, -0.05) is 25.1 Å². The van der Waals surface area contributed by atoms with Crippen LogP contribution in [-0.2, 0) is 14.8 Å².